The molecule has 5 nitrogen and oxygen atoms in total. The van der Waals surface area contributed by atoms with E-state index in [0.29, 0.717) is 12.0 Å². The van der Waals surface area contributed by atoms with Crippen LogP contribution in [0.15, 0.2) is 30.9 Å². The van der Waals surface area contributed by atoms with Gasteiger partial charge in [-0.05, 0) is 18.9 Å². The second-order valence-corrected chi connectivity index (χ2v) is 4.39. The summed E-state index contributed by atoms with van der Waals surface area (Å²) in [6.45, 7) is 6.47. The molecule has 1 unspecified atom stereocenters. The van der Waals surface area contributed by atoms with Crippen molar-refractivity contribution in [2.45, 2.75) is 26.8 Å². The normalized spacial score (nSPS) is 12.7. The van der Waals surface area contributed by atoms with Crippen LogP contribution in [0.5, 0.6) is 0 Å². The minimum Gasteiger partial charge on any atom is -0.366 e. The SMILES string of the molecule is CC(C)C(C)Nc1cncc(-n2cccn2)n1. The fourth-order valence-electron chi connectivity index (χ4n) is 1.34. The van der Waals surface area contributed by atoms with Gasteiger partial charge in [0.05, 0.1) is 12.4 Å². The molecule has 0 bridgehead atoms. The maximum atomic E-state index is 4.46. The van der Waals surface area contributed by atoms with E-state index in [9.17, 15) is 0 Å². The number of hydrogen-bond acceptors (Lipinski definition) is 4. The molecule has 17 heavy (non-hydrogen) atoms. The summed E-state index contributed by atoms with van der Waals surface area (Å²) in [5.74, 6) is 2.04. The van der Waals surface area contributed by atoms with Crippen LogP contribution in [0.1, 0.15) is 20.8 Å². The summed E-state index contributed by atoms with van der Waals surface area (Å²) in [5, 5.41) is 7.46. The zero-order valence-electron chi connectivity index (χ0n) is 10.3. The minimum atomic E-state index is 0.358. The van der Waals surface area contributed by atoms with Gasteiger partial charge in [-0.15, -0.1) is 0 Å². The third kappa shape index (κ3) is 2.81. The third-order valence-corrected chi connectivity index (χ3v) is 2.74. The number of aromatic nitrogens is 4. The molecule has 0 aromatic carbocycles. The zero-order valence-corrected chi connectivity index (χ0v) is 10.3. The van der Waals surface area contributed by atoms with Crippen molar-refractivity contribution in [3.8, 4) is 5.82 Å². The summed E-state index contributed by atoms with van der Waals surface area (Å²) in [4.78, 5) is 8.63. The highest BCUT2D eigenvalue weighted by molar-refractivity contribution is 5.36. The molecule has 0 amide bonds. The molecule has 0 aliphatic heterocycles. The summed E-state index contributed by atoms with van der Waals surface area (Å²) < 4.78 is 1.69. The van der Waals surface area contributed by atoms with Crippen LogP contribution in [0.4, 0.5) is 5.82 Å². The maximum absolute atomic E-state index is 4.46. The van der Waals surface area contributed by atoms with Gasteiger partial charge in [0.1, 0.15) is 5.82 Å². The van der Waals surface area contributed by atoms with E-state index in [1.807, 2.05) is 12.3 Å². The van der Waals surface area contributed by atoms with Crippen molar-refractivity contribution in [1.29, 1.82) is 0 Å². The van der Waals surface area contributed by atoms with Gasteiger partial charge >= 0.3 is 0 Å². The molecule has 0 fully saturated rings. The summed E-state index contributed by atoms with van der Waals surface area (Å²) in [6.07, 6.45) is 6.99. The van der Waals surface area contributed by atoms with Gasteiger partial charge < -0.3 is 5.32 Å². The average Bonchev–Trinajstić information content (AvgIpc) is 2.82. The van der Waals surface area contributed by atoms with Crippen LogP contribution in [0, 0.1) is 5.92 Å². The lowest BCUT2D eigenvalue weighted by Gasteiger charge is -2.17. The Kier molecular flexibility index (Phi) is 3.37. The van der Waals surface area contributed by atoms with Crippen LogP contribution >= 0.6 is 0 Å². The monoisotopic (exact) mass is 231 g/mol. The fraction of sp³-hybridized carbons (Fsp3) is 0.417. The number of hydrogen-bond donors (Lipinski definition) is 1. The number of rotatable bonds is 4. The first-order valence-electron chi connectivity index (χ1n) is 5.75. The molecular formula is C12H17N5. The van der Waals surface area contributed by atoms with Gasteiger partial charge in [-0.3, -0.25) is 4.98 Å². The molecule has 5 heteroatoms. The summed E-state index contributed by atoms with van der Waals surface area (Å²) in [7, 11) is 0. The Bertz CT molecular complexity index is 464. The number of anilines is 1. The van der Waals surface area contributed by atoms with Crippen molar-refractivity contribution in [3.63, 3.8) is 0 Å². The maximum Gasteiger partial charge on any atom is 0.173 e. The predicted octanol–water partition coefficient (Wildman–Crippen LogP) is 2.12. The van der Waals surface area contributed by atoms with Crippen LogP contribution in [-0.4, -0.2) is 25.8 Å². The highest BCUT2D eigenvalue weighted by atomic mass is 15.3. The second-order valence-electron chi connectivity index (χ2n) is 4.39. The molecule has 1 atom stereocenters. The molecule has 0 aliphatic rings. The van der Waals surface area contributed by atoms with Crippen molar-refractivity contribution < 1.29 is 0 Å². The van der Waals surface area contributed by atoms with Crippen LogP contribution < -0.4 is 5.32 Å². The van der Waals surface area contributed by atoms with Crippen LogP contribution in [0.2, 0.25) is 0 Å². The first kappa shape index (κ1) is 11.6. The van der Waals surface area contributed by atoms with Crippen molar-refractivity contribution >= 4 is 5.82 Å². The van der Waals surface area contributed by atoms with Gasteiger partial charge in [-0.2, -0.15) is 5.10 Å². The van der Waals surface area contributed by atoms with Crippen LogP contribution in [0.25, 0.3) is 5.82 Å². The summed E-state index contributed by atoms with van der Waals surface area (Å²) in [6, 6.07) is 2.22. The van der Waals surface area contributed by atoms with Gasteiger partial charge in [0.2, 0.25) is 0 Å². The molecular weight excluding hydrogens is 214 g/mol. The largest absolute Gasteiger partial charge is 0.366 e. The Hall–Kier alpha value is -1.91. The van der Waals surface area contributed by atoms with E-state index >= 15 is 0 Å². The topological polar surface area (TPSA) is 55.6 Å². The quantitative estimate of drug-likeness (QED) is 0.875. The minimum absolute atomic E-state index is 0.358. The van der Waals surface area contributed by atoms with E-state index < -0.39 is 0 Å². The van der Waals surface area contributed by atoms with Crippen molar-refractivity contribution in [2.24, 2.45) is 5.92 Å². The molecule has 0 radical (unpaired) electrons. The Morgan fingerprint density at radius 1 is 1.24 bits per heavy atom. The Morgan fingerprint density at radius 2 is 2.06 bits per heavy atom. The lowest BCUT2D eigenvalue weighted by atomic mass is 10.1. The standard InChI is InChI=1S/C12H17N5/c1-9(2)10(3)15-11-7-13-8-12(16-11)17-6-4-5-14-17/h4-10H,1-3H3,(H,15,16). The molecule has 0 saturated heterocycles. The fourth-order valence-corrected chi connectivity index (χ4v) is 1.34. The van der Waals surface area contributed by atoms with E-state index in [1.54, 1.807) is 23.3 Å². The highest BCUT2D eigenvalue weighted by Gasteiger charge is 2.08. The Labute approximate surface area is 101 Å². The van der Waals surface area contributed by atoms with E-state index in [1.165, 1.54) is 0 Å². The Morgan fingerprint density at radius 3 is 2.71 bits per heavy atom. The molecule has 2 rings (SSSR count). The molecule has 0 saturated carbocycles. The molecule has 2 aromatic rings. The molecule has 2 aromatic heterocycles. The van der Waals surface area contributed by atoms with Gasteiger partial charge in [0.25, 0.3) is 0 Å². The molecule has 1 N–H and O–H groups in total. The second kappa shape index (κ2) is 4.95. The predicted molar refractivity (Wildman–Crippen MR) is 67.1 cm³/mol. The number of nitrogens with one attached hydrogen (secondary N) is 1. The van der Waals surface area contributed by atoms with Crippen LogP contribution in [-0.2, 0) is 0 Å². The van der Waals surface area contributed by atoms with Gasteiger partial charge in [0, 0.05) is 18.4 Å². The van der Waals surface area contributed by atoms with E-state index in [0.717, 1.165) is 11.6 Å². The third-order valence-electron chi connectivity index (χ3n) is 2.74. The Balaban J connectivity index is 2.18. The zero-order chi connectivity index (χ0) is 12.3. The van der Waals surface area contributed by atoms with Crippen molar-refractivity contribution in [1.82, 2.24) is 19.7 Å². The lowest BCUT2D eigenvalue weighted by Crippen LogP contribution is -2.22. The van der Waals surface area contributed by atoms with Crippen molar-refractivity contribution in [2.75, 3.05) is 5.32 Å². The lowest BCUT2D eigenvalue weighted by molar-refractivity contribution is 0.558. The van der Waals surface area contributed by atoms with Gasteiger partial charge in [-0.25, -0.2) is 9.67 Å². The van der Waals surface area contributed by atoms with Crippen LogP contribution in [0.3, 0.4) is 0 Å². The smallest absolute Gasteiger partial charge is 0.173 e. The van der Waals surface area contributed by atoms with E-state index in [-0.39, 0.29) is 0 Å². The van der Waals surface area contributed by atoms with E-state index in [4.69, 9.17) is 0 Å². The summed E-state index contributed by atoms with van der Waals surface area (Å²) in [5.41, 5.74) is 0. The number of nitrogens with zero attached hydrogens (tertiary/aromatic N) is 4. The van der Waals surface area contributed by atoms with Gasteiger partial charge in [-0.1, -0.05) is 13.8 Å². The first-order valence-corrected chi connectivity index (χ1v) is 5.75. The highest BCUT2D eigenvalue weighted by Crippen LogP contribution is 2.10. The molecule has 0 spiro atoms. The average molecular weight is 231 g/mol. The summed E-state index contributed by atoms with van der Waals surface area (Å²) >= 11 is 0. The molecule has 0 aliphatic carbocycles. The van der Waals surface area contributed by atoms with E-state index in [2.05, 4.69) is 41.2 Å². The van der Waals surface area contributed by atoms with Gasteiger partial charge in [0.15, 0.2) is 5.82 Å². The molecule has 2 heterocycles. The first-order chi connectivity index (χ1) is 8.16. The van der Waals surface area contributed by atoms with Crippen molar-refractivity contribution in [3.05, 3.63) is 30.9 Å². The molecule has 90 valence electrons.